The molecule has 0 radical (unpaired) electrons. The molecule has 1 rings (SSSR count). The molecule has 0 aliphatic carbocycles. The van der Waals surface area contributed by atoms with Crippen LogP contribution in [0, 0.1) is 0 Å². The standard InChI is InChI=1S/C7H7NS/c9-8-6-7-4-2-1-3-5-7/h1-6,9H. The summed E-state index contributed by atoms with van der Waals surface area (Å²) in [4.78, 5) is 0. The Morgan fingerprint density at radius 1 is 1.22 bits per heavy atom. The van der Waals surface area contributed by atoms with Gasteiger partial charge in [-0.15, -0.1) is 0 Å². The molecule has 0 saturated heterocycles. The van der Waals surface area contributed by atoms with Gasteiger partial charge in [0.25, 0.3) is 0 Å². The summed E-state index contributed by atoms with van der Waals surface area (Å²) < 4.78 is 3.58. The van der Waals surface area contributed by atoms with Gasteiger partial charge in [0, 0.05) is 6.21 Å². The molecule has 0 fully saturated rings. The van der Waals surface area contributed by atoms with Gasteiger partial charge >= 0.3 is 0 Å². The number of hydrogen-bond donors (Lipinski definition) is 1. The maximum atomic E-state index is 3.70. The maximum Gasteiger partial charge on any atom is 0.0420 e. The topological polar surface area (TPSA) is 12.4 Å². The van der Waals surface area contributed by atoms with Crippen molar-refractivity contribution in [3.05, 3.63) is 35.9 Å². The fourth-order valence-electron chi connectivity index (χ4n) is 0.606. The zero-order valence-electron chi connectivity index (χ0n) is 4.86. The Hall–Kier alpha value is -0.760. The third-order valence-corrected chi connectivity index (χ3v) is 1.12. The molecule has 0 heterocycles. The second-order valence-corrected chi connectivity index (χ2v) is 1.89. The Kier molecular flexibility index (Phi) is 2.33. The van der Waals surface area contributed by atoms with E-state index in [0.29, 0.717) is 0 Å². The van der Waals surface area contributed by atoms with Crippen molar-refractivity contribution in [3.63, 3.8) is 0 Å². The monoisotopic (exact) mass is 137 g/mol. The molecule has 0 amide bonds. The maximum absolute atomic E-state index is 3.70. The lowest BCUT2D eigenvalue weighted by atomic mass is 10.2. The largest absolute Gasteiger partial charge is 0.227 e. The second kappa shape index (κ2) is 3.30. The van der Waals surface area contributed by atoms with Crippen molar-refractivity contribution >= 4 is 19.0 Å². The molecule has 0 spiro atoms. The number of thiol groups is 1. The minimum absolute atomic E-state index is 1.08. The highest BCUT2D eigenvalue weighted by atomic mass is 32.1. The highest BCUT2D eigenvalue weighted by Gasteiger charge is 1.79. The lowest BCUT2D eigenvalue weighted by molar-refractivity contribution is 1.67. The molecule has 0 saturated carbocycles. The van der Waals surface area contributed by atoms with Crippen molar-refractivity contribution in [1.29, 1.82) is 0 Å². The van der Waals surface area contributed by atoms with Gasteiger partial charge in [0.15, 0.2) is 0 Å². The zero-order valence-corrected chi connectivity index (χ0v) is 5.75. The second-order valence-electron chi connectivity index (χ2n) is 1.66. The lowest BCUT2D eigenvalue weighted by Gasteiger charge is -1.85. The van der Waals surface area contributed by atoms with Crippen LogP contribution in [0.15, 0.2) is 34.7 Å². The van der Waals surface area contributed by atoms with E-state index in [0.717, 1.165) is 5.56 Å². The van der Waals surface area contributed by atoms with Crippen LogP contribution in [0.1, 0.15) is 5.56 Å². The predicted octanol–water partition coefficient (Wildman–Crippen LogP) is 1.95. The molecule has 0 atom stereocenters. The van der Waals surface area contributed by atoms with E-state index in [2.05, 4.69) is 17.2 Å². The van der Waals surface area contributed by atoms with Gasteiger partial charge in [-0.25, -0.2) is 4.40 Å². The molecule has 0 aliphatic heterocycles. The Balaban J connectivity index is 2.85. The van der Waals surface area contributed by atoms with Crippen molar-refractivity contribution in [2.45, 2.75) is 0 Å². The van der Waals surface area contributed by atoms with E-state index in [-0.39, 0.29) is 0 Å². The number of nitrogens with zero attached hydrogens (tertiary/aromatic N) is 1. The zero-order chi connectivity index (χ0) is 6.53. The lowest BCUT2D eigenvalue weighted by Crippen LogP contribution is -1.74. The quantitative estimate of drug-likeness (QED) is 0.448. The van der Waals surface area contributed by atoms with E-state index in [9.17, 15) is 0 Å². The van der Waals surface area contributed by atoms with E-state index in [1.54, 1.807) is 6.21 Å². The van der Waals surface area contributed by atoms with E-state index in [1.807, 2.05) is 30.3 Å². The first kappa shape index (κ1) is 6.36. The average molecular weight is 137 g/mol. The van der Waals surface area contributed by atoms with Crippen LogP contribution >= 0.6 is 12.8 Å². The summed E-state index contributed by atoms with van der Waals surface area (Å²) >= 11 is 3.70. The molecular weight excluding hydrogens is 130 g/mol. The molecule has 1 aromatic carbocycles. The number of hydrogen-bond acceptors (Lipinski definition) is 2. The van der Waals surface area contributed by atoms with Crippen LogP contribution in [0.5, 0.6) is 0 Å². The molecule has 46 valence electrons. The van der Waals surface area contributed by atoms with Crippen LogP contribution in [0.3, 0.4) is 0 Å². The SMILES string of the molecule is SN=Cc1ccccc1. The number of rotatable bonds is 1. The number of benzene rings is 1. The minimum Gasteiger partial charge on any atom is -0.227 e. The minimum atomic E-state index is 1.08. The summed E-state index contributed by atoms with van der Waals surface area (Å²) in [5, 5.41) is 0. The van der Waals surface area contributed by atoms with E-state index in [4.69, 9.17) is 0 Å². The molecular formula is C7H7NS. The fourth-order valence-corrected chi connectivity index (χ4v) is 0.739. The van der Waals surface area contributed by atoms with Gasteiger partial charge < -0.3 is 0 Å². The summed E-state index contributed by atoms with van der Waals surface area (Å²) in [6.07, 6.45) is 1.70. The Morgan fingerprint density at radius 3 is 2.44 bits per heavy atom. The summed E-state index contributed by atoms with van der Waals surface area (Å²) in [7, 11) is 0. The van der Waals surface area contributed by atoms with Gasteiger partial charge in [-0.1, -0.05) is 30.3 Å². The van der Waals surface area contributed by atoms with E-state index in [1.165, 1.54) is 0 Å². The van der Waals surface area contributed by atoms with Gasteiger partial charge in [0.2, 0.25) is 0 Å². The molecule has 0 bridgehead atoms. The van der Waals surface area contributed by atoms with E-state index >= 15 is 0 Å². The third kappa shape index (κ3) is 1.90. The van der Waals surface area contributed by atoms with Crippen LogP contribution in [0.4, 0.5) is 0 Å². The van der Waals surface area contributed by atoms with Crippen molar-refractivity contribution < 1.29 is 0 Å². The van der Waals surface area contributed by atoms with Gasteiger partial charge in [-0.05, 0) is 18.4 Å². The highest BCUT2D eigenvalue weighted by molar-refractivity contribution is 7.78. The Morgan fingerprint density at radius 2 is 1.89 bits per heavy atom. The first-order valence-corrected chi connectivity index (χ1v) is 3.06. The van der Waals surface area contributed by atoms with Gasteiger partial charge in [0.1, 0.15) is 0 Å². The summed E-state index contributed by atoms with van der Waals surface area (Å²) in [6, 6.07) is 9.84. The predicted molar refractivity (Wildman–Crippen MR) is 43.0 cm³/mol. The van der Waals surface area contributed by atoms with Crippen molar-refractivity contribution in [2.75, 3.05) is 0 Å². The van der Waals surface area contributed by atoms with Crippen LogP contribution in [0.25, 0.3) is 0 Å². The van der Waals surface area contributed by atoms with E-state index < -0.39 is 0 Å². The Bertz CT molecular complexity index is 193. The molecule has 0 aliphatic rings. The first-order chi connectivity index (χ1) is 4.43. The fraction of sp³-hybridized carbons (Fsp3) is 0. The smallest absolute Gasteiger partial charge is 0.0420 e. The first-order valence-electron chi connectivity index (χ1n) is 2.66. The average Bonchev–Trinajstić information content (AvgIpc) is 1.91. The van der Waals surface area contributed by atoms with Crippen LogP contribution in [-0.2, 0) is 0 Å². The summed E-state index contributed by atoms with van der Waals surface area (Å²) in [5.74, 6) is 0. The molecule has 1 nitrogen and oxygen atoms in total. The van der Waals surface area contributed by atoms with Gasteiger partial charge in [-0.2, -0.15) is 0 Å². The van der Waals surface area contributed by atoms with Gasteiger partial charge in [-0.3, -0.25) is 0 Å². The van der Waals surface area contributed by atoms with Crippen molar-refractivity contribution in [1.82, 2.24) is 0 Å². The summed E-state index contributed by atoms with van der Waals surface area (Å²) in [5.41, 5.74) is 1.08. The molecule has 2 heteroatoms. The molecule has 9 heavy (non-hydrogen) atoms. The van der Waals surface area contributed by atoms with Crippen LogP contribution < -0.4 is 0 Å². The normalized spacial score (nSPS) is 10.3. The van der Waals surface area contributed by atoms with Crippen LogP contribution in [-0.4, -0.2) is 6.21 Å². The third-order valence-electron chi connectivity index (χ3n) is 1.01. The molecule has 1 aromatic rings. The highest BCUT2D eigenvalue weighted by Crippen LogP contribution is 1.93. The Labute approximate surface area is 60.0 Å². The molecule has 0 unspecified atom stereocenters. The van der Waals surface area contributed by atoms with Crippen LogP contribution in [0.2, 0.25) is 0 Å². The summed E-state index contributed by atoms with van der Waals surface area (Å²) in [6.45, 7) is 0. The van der Waals surface area contributed by atoms with Gasteiger partial charge in [0.05, 0.1) is 0 Å². The molecule has 0 N–H and O–H groups in total. The van der Waals surface area contributed by atoms with Crippen molar-refractivity contribution in [2.24, 2.45) is 4.40 Å². The van der Waals surface area contributed by atoms with Crippen molar-refractivity contribution in [3.8, 4) is 0 Å². The molecule has 0 aromatic heterocycles.